The highest BCUT2D eigenvalue weighted by Gasteiger charge is 2.24. The molecule has 1 saturated heterocycles. The molecule has 9 nitrogen and oxygen atoms in total. The number of piperidine rings is 1. The van der Waals surface area contributed by atoms with E-state index in [4.69, 9.17) is 15.1 Å². The minimum absolute atomic E-state index is 0.0909. The molecule has 3 aromatic heterocycles. The van der Waals surface area contributed by atoms with Crippen LogP contribution in [0.1, 0.15) is 25.7 Å². The molecular formula is C22H23N7O2. The normalized spacial score (nSPS) is 16.6. The number of hydrogen-bond donors (Lipinski definition) is 1. The number of benzene rings is 1. The van der Waals surface area contributed by atoms with Gasteiger partial charge < -0.3 is 15.1 Å². The highest BCUT2D eigenvalue weighted by Crippen LogP contribution is 2.23. The van der Waals surface area contributed by atoms with Crippen molar-refractivity contribution in [3.63, 3.8) is 0 Å². The fourth-order valence-electron chi connectivity index (χ4n) is 4.04. The molecule has 31 heavy (non-hydrogen) atoms. The Kier molecular flexibility index (Phi) is 4.92. The van der Waals surface area contributed by atoms with Crippen LogP contribution in [0.5, 0.6) is 0 Å². The first-order valence-electron chi connectivity index (χ1n) is 10.3. The van der Waals surface area contributed by atoms with Crippen molar-refractivity contribution in [3.8, 4) is 11.8 Å². The summed E-state index contributed by atoms with van der Waals surface area (Å²) < 4.78 is 9.00. The van der Waals surface area contributed by atoms with Gasteiger partial charge in [-0.15, -0.1) is 5.92 Å². The van der Waals surface area contributed by atoms with Gasteiger partial charge in [-0.25, -0.2) is 14.6 Å². The first-order chi connectivity index (χ1) is 15.1. The molecule has 4 aromatic rings. The van der Waals surface area contributed by atoms with Gasteiger partial charge in [-0.1, -0.05) is 18.1 Å². The number of fused-ring (bicyclic) bond motifs is 2. The lowest BCUT2D eigenvalue weighted by Gasteiger charge is -2.31. The Bertz CT molecular complexity index is 1340. The average molecular weight is 417 g/mol. The zero-order chi connectivity index (χ0) is 21.4. The van der Waals surface area contributed by atoms with E-state index >= 15 is 0 Å². The van der Waals surface area contributed by atoms with E-state index in [1.807, 2.05) is 28.8 Å². The number of oxazole rings is 1. The van der Waals surface area contributed by atoms with Crippen LogP contribution < -0.4 is 16.2 Å². The van der Waals surface area contributed by atoms with E-state index in [9.17, 15) is 4.79 Å². The number of para-hydroxylation sites is 2. The van der Waals surface area contributed by atoms with Crippen LogP contribution in [0.2, 0.25) is 0 Å². The molecule has 1 fully saturated rings. The lowest BCUT2D eigenvalue weighted by molar-refractivity contribution is 0.482. The molecule has 0 saturated carbocycles. The van der Waals surface area contributed by atoms with Crippen LogP contribution in [0.4, 0.5) is 5.95 Å². The number of rotatable bonds is 4. The van der Waals surface area contributed by atoms with Crippen molar-refractivity contribution in [1.82, 2.24) is 24.3 Å². The molecule has 0 unspecified atom stereocenters. The molecule has 9 heteroatoms. The Morgan fingerprint density at radius 1 is 1.26 bits per heavy atom. The van der Waals surface area contributed by atoms with E-state index in [0.29, 0.717) is 41.5 Å². The van der Waals surface area contributed by atoms with E-state index < -0.39 is 0 Å². The van der Waals surface area contributed by atoms with Crippen LogP contribution in [0.3, 0.4) is 0 Å². The molecule has 4 heterocycles. The molecule has 0 radical (unpaired) electrons. The summed E-state index contributed by atoms with van der Waals surface area (Å²) in [6.07, 6.45) is 3.59. The number of imidazole rings is 1. The molecule has 0 amide bonds. The van der Waals surface area contributed by atoms with Gasteiger partial charge in [-0.3, -0.25) is 9.36 Å². The minimum Gasteiger partial charge on any atom is -0.439 e. The molecule has 158 valence electrons. The van der Waals surface area contributed by atoms with E-state index in [2.05, 4.69) is 26.8 Å². The van der Waals surface area contributed by atoms with Crippen LogP contribution >= 0.6 is 0 Å². The second kappa shape index (κ2) is 7.89. The molecular weight excluding hydrogens is 394 g/mol. The number of anilines is 1. The van der Waals surface area contributed by atoms with E-state index in [1.165, 1.54) is 4.68 Å². The van der Waals surface area contributed by atoms with Crippen LogP contribution in [0.25, 0.3) is 22.1 Å². The van der Waals surface area contributed by atoms with Crippen molar-refractivity contribution in [2.45, 2.75) is 38.9 Å². The van der Waals surface area contributed by atoms with Gasteiger partial charge in [0.05, 0.1) is 12.7 Å². The zero-order valence-corrected chi connectivity index (χ0v) is 17.3. The minimum atomic E-state index is -0.252. The Morgan fingerprint density at radius 2 is 2.13 bits per heavy atom. The topological polar surface area (TPSA) is 108 Å². The Labute approximate surface area is 178 Å². The van der Waals surface area contributed by atoms with Gasteiger partial charge in [0.25, 0.3) is 5.56 Å². The SMILES string of the molecule is CC#CCn1c(N2CCC[C@@H](N)C2)nc2cnn(Cc3nc4ccccc4o3)c(=O)c21. The second-order valence-corrected chi connectivity index (χ2v) is 7.69. The predicted octanol–water partition coefficient (Wildman–Crippen LogP) is 1.73. The Balaban J connectivity index is 1.58. The van der Waals surface area contributed by atoms with Crippen molar-refractivity contribution in [2.24, 2.45) is 5.73 Å². The molecule has 1 aliphatic rings. The second-order valence-electron chi connectivity index (χ2n) is 7.69. The van der Waals surface area contributed by atoms with Crippen molar-refractivity contribution in [2.75, 3.05) is 18.0 Å². The van der Waals surface area contributed by atoms with Crippen molar-refractivity contribution in [1.29, 1.82) is 0 Å². The van der Waals surface area contributed by atoms with E-state index in [-0.39, 0.29) is 18.1 Å². The van der Waals surface area contributed by atoms with Gasteiger partial charge in [-0.2, -0.15) is 5.10 Å². The first-order valence-corrected chi connectivity index (χ1v) is 10.3. The lowest BCUT2D eigenvalue weighted by Crippen LogP contribution is -2.44. The van der Waals surface area contributed by atoms with Gasteiger partial charge in [0.2, 0.25) is 11.8 Å². The van der Waals surface area contributed by atoms with Gasteiger partial charge in [0.1, 0.15) is 23.1 Å². The van der Waals surface area contributed by atoms with Gasteiger partial charge >= 0.3 is 0 Å². The summed E-state index contributed by atoms with van der Waals surface area (Å²) in [5.41, 5.74) is 8.37. The predicted molar refractivity (Wildman–Crippen MR) is 118 cm³/mol. The molecule has 0 aliphatic carbocycles. The summed E-state index contributed by atoms with van der Waals surface area (Å²) in [6, 6.07) is 7.59. The highest BCUT2D eigenvalue weighted by molar-refractivity contribution is 5.77. The molecule has 5 rings (SSSR count). The third kappa shape index (κ3) is 3.55. The third-order valence-corrected chi connectivity index (χ3v) is 5.51. The molecule has 0 bridgehead atoms. The zero-order valence-electron chi connectivity index (χ0n) is 17.3. The van der Waals surface area contributed by atoms with Gasteiger partial charge in [0, 0.05) is 19.1 Å². The summed E-state index contributed by atoms with van der Waals surface area (Å²) in [7, 11) is 0. The number of nitrogens with two attached hydrogens (primary N) is 1. The van der Waals surface area contributed by atoms with E-state index in [1.54, 1.807) is 13.1 Å². The largest absolute Gasteiger partial charge is 0.439 e. The maximum absolute atomic E-state index is 13.4. The van der Waals surface area contributed by atoms with Crippen molar-refractivity contribution < 1.29 is 4.42 Å². The maximum Gasteiger partial charge on any atom is 0.293 e. The van der Waals surface area contributed by atoms with Crippen LogP contribution in [0.15, 0.2) is 39.7 Å². The van der Waals surface area contributed by atoms with E-state index in [0.717, 1.165) is 24.9 Å². The summed E-state index contributed by atoms with van der Waals surface area (Å²) >= 11 is 0. The summed E-state index contributed by atoms with van der Waals surface area (Å²) in [5.74, 6) is 7.11. The fourth-order valence-corrected chi connectivity index (χ4v) is 4.04. The quantitative estimate of drug-likeness (QED) is 0.504. The van der Waals surface area contributed by atoms with Crippen LogP contribution in [-0.4, -0.2) is 43.4 Å². The lowest BCUT2D eigenvalue weighted by atomic mass is 10.1. The van der Waals surface area contributed by atoms with Gasteiger partial charge in [-0.05, 0) is 31.9 Å². The average Bonchev–Trinajstić information content (AvgIpc) is 3.35. The van der Waals surface area contributed by atoms with Crippen molar-refractivity contribution >= 4 is 28.1 Å². The third-order valence-electron chi connectivity index (χ3n) is 5.51. The Morgan fingerprint density at radius 3 is 2.94 bits per heavy atom. The molecule has 1 aromatic carbocycles. The van der Waals surface area contributed by atoms with Crippen LogP contribution in [-0.2, 0) is 13.1 Å². The standard InChI is InChI=1S/C22H23N7O2/c1-2-3-11-28-20-17(26-22(28)27-10-6-7-15(23)13-27)12-24-29(21(20)30)14-19-25-16-8-4-5-9-18(16)31-19/h4-5,8-9,12,15H,6-7,10-11,13-14,23H2,1H3/t15-/m1/s1. The number of aromatic nitrogens is 5. The maximum atomic E-state index is 13.4. The van der Waals surface area contributed by atoms with Crippen molar-refractivity contribution in [3.05, 3.63) is 46.7 Å². The number of hydrogen-bond acceptors (Lipinski definition) is 7. The van der Waals surface area contributed by atoms with Crippen LogP contribution in [0, 0.1) is 11.8 Å². The number of nitrogens with zero attached hydrogens (tertiary/aromatic N) is 6. The highest BCUT2D eigenvalue weighted by atomic mass is 16.3. The molecule has 1 atom stereocenters. The smallest absolute Gasteiger partial charge is 0.293 e. The van der Waals surface area contributed by atoms with Gasteiger partial charge in [0.15, 0.2) is 5.58 Å². The summed E-state index contributed by atoms with van der Waals surface area (Å²) in [5, 5.41) is 4.32. The molecule has 1 aliphatic heterocycles. The Hall–Kier alpha value is -3.64. The molecule has 0 spiro atoms. The summed E-state index contributed by atoms with van der Waals surface area (Å²) in [6.45, 7) is 3.84. The molecule has 2 N–H and O–H groups in total. The monoisotopic (exact) mass is 417 g/mol. The fraction of sp³-hybridized carbons (Fsp3) is 0.364. The first kappa shape index (κ1) is 19.3. The summed E-state index contributed by atoms with van der Waals surface area (Å²) in [4.78, 5) is 24.7.